The van der Waals surface area contributed by atoms with E-state index in [1.807, 2.05) is 0 Å². The van der Waals surface area contributed by atoms with Gasteiger partial charge in [-0.25, -0.2) is 4.39 Å². The molecule has 0 radical (unpaired) electrons. The summed E-state index contributed by atoms with van der Waals surface area (Å²) in [6.45, 7) is -0.00203. The summed E-state index contributed by atoms with van der Waals surface area (Å²) in [7, 11) is 0. The van der Waals surface area contributed by atoms with Gasteiger partial charge >= 0.3 is 5.97 Å². The van der Waals surface area contributed by atoms with E-state index in [1.54, 1.807) is 6.07 Å². The van der Waals surface area contributed by atoms with Crippen molar-refractivity contribution in [2.24, 2.45) is 11.8 Å². The lowest BCUT2D eigenvalue weighted by atomic mass is 9.81. The zero-order valence-corrected chi connectivity index (χ0v) is 12.7. The molecule has 0 N–H and O–H groups in total. The number of carbonyl (C=O) groups is 3. The molecule has 1 aliphatic carbocycles. The highest BCUT2D eigenvalue weighted by Gasteiger charge is 2.47. The number of likely N-dealkylation sites (tertiary alicyclic amines) is 1. The molecule has 122 valence electrons. The molecule has 0 bridgehead atoms. The number of esters is 1. The van der Waals surface area contributed by atoms with Gasteiger partial charge in [-0.3, -0.25) is 19.3 Å². The number of amides is 2. The largest absolute Gasteiger partial charge is 0.423 e. The van der Waals surface area contributed by atoms with Crippen LogP contribution in [-0.4, -0.2) is 29.2 Å². The number of para-hydroxylation sites is 1. The molecular weight excluding hydrogens is 301 g/mol. The third-order valence-electron chi connectivity index (χ3n) is 4.53. The summed E-state index contributed by atoms with van der Waals surface area (Å²) in [5.41, 5.74) is 0. The third-order valence-corrected chi connectivity index (χ3v) is 4.53. The van der Waals surface area contributed by atoms with E-state index in [0.29, 0.717) is 0 Å². The Morgan fingerprint density at radius 1 is 1.13 bits per heavy atom. The minimum Gasteiger partial charge on any atom is -0.423 e. The molecule has 2 aliphatic rings. The van der Waals surface area contributed by atoms with Crippen molar-refractivity contribution in [1.82, 2.24) is 4.90 Å². The minimum absolute atomic E-state index is 0.00203. The number of rotatable bonds is 4. The Bertz CT molecular complexity index is 621. The molecule has 2 unspecified atom stereocenters. The topological polar surface area (TPSA) is 63.7 Å². The maximum absolute atomic E-state index is 13.4. The van der Waals surface area contributed by atoms with Crippen molar-refractivity contribution in [2.45, 2.75) is 32.1 Å². The first-order chi connectivity index (χ1) is 11.1. The van der Waals surface area contributed by atoms with Gasteiger partial charge in [-0.2, -0.15) is 0 Å². The number of benzene rings is 1. The minimum atomic E-state index is -0.662. The number of carbonyl (C=O) groups excluding carboxylic acids is 3. The molecule has 0 aromatic heterocycles. The van der Waals surface area contributed by atoms with Crippen LogP contribution in [0.4, 0.5) is 4.39 Å². The molecule has 0 spiro atoms. The Hall–Kier alpha value is -2.24. The van der Waals surface area contributed by atoms with E-state index in [9.17, 15) is 18.8 Å². The van der Waals surface area contributed by atoms with Gasteiger partial charge in [0.15, 0.2) is 11.6 Å². The van der Waals surface area contributed by atoms with Crippen molar-refractivity contribution in [2.75, 3.05) is 6.54 Å². The van der Waals surface area contributed by atoms with Gasteiger partial charge in [0.2, 0.25) is 11.8 Å². The molecule has 1 aromatic carbocycles. The van der Waals surface area contributed by atoms with Gasteiger partial charge in [0, 0.05) is 6.54 Å². The highest BCUT2D eigenvalue weighted by Crippen LogP contribution is 2.37. The zero-order chi connectivity index (χ0) is 16.4. The molecule has 5 nitrogen and oxygen atoms in total. The average molecular weight is 319 g/mol. The van der Waals surface area contributed by atoms with Crippen LogP contribution in [0.15, 0.2) is 24.3 Å². The van der Waals surface area contributed by atoms with Crippen LogP contribution < -0.4 is 4.74 Å². The molecule has 6 heteroatoms. The summed E-state index contributed by atoms with van der Waals surface area (Å²) in [5, 5.41) is 0. The second-order valence-electron chi connectivity index (χ2n) is 5.98. The number of fused-ring (bicyclic) bond motifs is 1. The molecule has 2 fully saturated rings. The molecule has 1 saturated heterocycles. The molecule has 1 aromatic rings. The lowest BCUT2D eigenvalue weighted by Crippen LogP contribution is -2.33. The quantitative estimate of drug-likeness (QED) is 0.485. The fraction of sp³-hybridized carbons (Fsp3) is 0.471. The van der Waals surface area contributed by atoms with E-state index in [-0.39, 0.29) is 42.4 Å². The predicted octanol–water partition coefficient (Wildman–Crippen LogP) is 2.30. The van der Waals surface area contributed by atoms with Crippen LogP contribution in [-0.2, 0) is 14.4 Å². The van der Waals surface area contributed by atoms with E-state index in [4.69, 9.17) is 4.74 Å². The van der Waals surface area contributed by atoms with Crippen molar-refractivity contribution in [3.8, 4) is 5.75 Å². The number of halogens is 1. The van der Waals surface area contributed by atoms with E-state index < -0.39 is 11.8 Å². The van der Waals surface area contributed by atoms with Gasteiger partial charge in [-0.05, 0) is 25.0 Å². The van der Waals surface area contributed by atoms with Crippen LogP contribution in [0.5, 0.6) is 5.75 Å². The summed E-state index contributed by atoms with van der Waals surface area (Å²) in [5.74, 6) is -2.24. The summed E-state index contributed by atoms with van der Waals surface area (Å²) >= 11 is 0. The highest BCUT2D eigenvalue weighted by molar-refractivity contribution is 6.05. The molecule has 23 heavy (non-hydrogen) atoms. The Kier molecular flexibility index (Phi) is 4.41. The molecule has 1 heterocycles. The number of imide groups is 1. The van der Waals surface area contributed by atoms with Crippen LogP contribution in [0.25, 0.3) is 0 Å². The van der Waals surface area contributed by atoms with Crippen LogP contribution in [0.3, 0.4) is 0 Å². The Labute approximate surface area is 133 Å². The standard InChI is InChI=1S/C17H18FNO4/c18-13-7-3-4-8-14(13)23-15(20)9-10-19-16(21)11-5-1-2-6-12(11)17(19)22/h3-4,7-8,11-12H,1-2,5-6,9-10H2. The monoisotopic (exact) mass is 319 g/mol. The number of hydrogen-bond donors (Lipinski definition) is 0. The van der Waals surface area contributed by atoms with Gasteiger partial charge in [0.25, 0.3) is 0 Å². The first kappa shape index (κ1) is 15.6. The predicted molar refractivity (Wildman–Crippen MR) is 78.8 cm³/mol. The van der Waals surface area contributed by atoms with Gasteiger partial charge in [-0.1, -0.05) is 25.0 Å². The van der Waals surface area contributed by atoms with Crippen LogP contribution in [0.1, 0.15) is 32.1 Å². The first-order valence-corrected chi connectivity index (χ1v) is 7.88. The van der Waals surface area contributed by atoms with Crippen molar-refractivity contribution < 1.29 is 23.5 Å². The second-order valence-corrected chi connectivity index (χ2v) is 5.98. The highest BCUT2D eigenvalue weighted by atomic mass is 19.1. The van der Waals surface area contributed by atoms with Crippen LogP contribution in [0, 0.1) is 17.7 Å². The molecule has 1 aliphatic heterocycles. The molecule has 2 atom stereocenters. The van der Waals surface area contributed by atoms with Crippen molar-refractivity contribution in [1.29, 1.82) is 0 Å². The zero-order valence-electron chi connectivity index (χ0n) is 12.7. The van der Waals surface area contributed by atoms with Crippen LogP contribution >= 0.6 is 0 Å². The Morgan fingerprint density at radius 2 is 1.74 bits per heavy atom. The average Bonchev–Trinajstić information content (AvgIpc) is 2.80. The first-order valence-electron chi connectivity index (χ1n) is 7.88. The lowest BCUT2D eigenvalue weighted by Gasteiger charge is -2.19. The van der Waals surface area contributed by atoms with Crippen molar-refractivity contribution in [3.63, 3.8) is 0 Å². The number of ether oxygens (including phenoxy) is 1. The van der Waals surface area contributed by atoms with Gasteiger partial charge in [0.1, 0.15) is 0 Å². The number of hydrogen-bond acceptors (Lipinski definition) is 4. The van der Waals surface area contributed by atoms with Gasteiger partial charge in [-0.15, -0.1) is 0 Å². The van der Waals surface area contributed by atoms with E-state index in [1.165, 1.54) is 23.1 Å². The Balaban J connectivity index is 1.58. The fourth-order valence-corrected chi connectivity index (χ4v) is 3.36. The van der Waals surface area contributed by atoms with E-state index in [0.717, 1.165) is 25.7 Å². The van der Waals surface area contributed by atoms with Crippen molar-refractivity contribution in [3.05, 3.63) is 30.1 Å². The third kappa shape index (κ3) is 3.11. The second kappa shape index (κ2) is 6.48. The lowest BCUT2D eigenvalue weighted by molar-refractivity contribution is -0.141. The smallest absolute Gasteiger partial charge is 0.313 e. The molecule has 1 saturated carbocycles. The Morgan fingerprint density at radius 3 is 2.35 bits per heavy atom. The summed E-state index contributed by atoms with van der Waals surface area (Å²) in [4.78, 5) is 37.5. The van der Waals surface area contributed by atoms with Gasteiger partial charge < -0.3 is 4.74 Å². The SMILES string of the molecule is O=C(CCN1C(=O)C2CCCCC2C1=O)Oc1ccccc1F. The van der Waals surface area contributed by atoms with Crippen LogP contribution in [0.2, 0.25) is 0 Å². The molecule has 2 amide bonds. The number of nitrogens with zero attached hydrogens (tertiary/aromatic N) is 1. The fourth-order valence-electron chi connectivity index (χ4n) is 3.36. The van der Waals surface area contributed by atoms with E-state index >= 15 is 0 Å². The normalized spacial score (nSPS) is 23.8. The molecule has 3 rings (SSSR count). The summed E-state index contributed by atoms with van der Waals surface area (Å²) < 4.78 is 18.4. The maximum atomic E-state index is 13.4. The van der Waals surface area contributed by atoms with Crippen molar-refractivity contribution >= 4 is 17.8 Å². The summed E-state index contributed by atoms with van der Waals surface area (Å²) in [6, 6.07) is 5.61. The summed E-state index contributed by atoms with van der Waals surface area (Å²) in [6.07, 6.45) is 3.27. The maximum Gasteiger partial charge on any atom is 0.313 e. The van der Waals surface area contributed by atoms with E-state index in [2.05, 4.69) is 0 Å². The van der Waals surface area contributed by atoms with Gasteiger partial charge in [0.05, 0.1) is 18.3 Å². The molecular formula is C17H18FNO4.